The molecule has 2 nitrogen and oxygen atoms in total. The van der Waals surface area contributed by atoms with Crippen molar-refractivity contribution < 1.29 is 5.11 Å². The molecule has 2 heteroatoms. The lowest BCUT2D eigenvalue weighted by molar-refractivity contribution is 0.158. The van der Waals surface area contributed by atoms with E-state index < -0.39 is 0 Å². The first-order valence-electron chi connectivity index (χ1n) is 5.14. The monoisotopic (exact) mass is 191 g/mol. The second-order valence-electron chi connectivity index (χ2n) is 4.27. The van der Waals surface area contributed by atoms with Crippen LogP contribution in [0.3, 0.4) is 0 Å². The number of benzene rings is 1. The van der Waals surface area contributed by atoms with Crippen molar-refractivity contribution in [3.8, 4) is 0 Å². The molecular formula is C12H17NO. The minimum absolute atomic E-state index is 0.305. The van der Waals surface area contributed by atoms with E-state index >= 15 is 0 Å². The Morgan fingerprint density at radius 1 is 1.36 bits per heavy atom. The van der Waals surface area contributed by atoms with Gasteiger partial charge in [-0.25, -0.2) is 0 Å². The highest BCUT2D eigenvalue weighted by Crippen LogP contribution is 2.35. The summed E-state index contributed by atoms with van der Waals surface area (Å²) in [5.74, 6) is 0. The average Bonchev–Trinajstić information content (AvgIpc) is 2.12. The van der Waals surface area contributed by atoms with E-state index in [2.05, 4.69) is 32.2 Å². The summed E-state index contributed by atoms with van der Waals surface area (Å²) in [6.07, 6.45) is 0.496. The van der Waals surface area contributed by atoms with E-state index in [-0.39, 0.29) is 6.10 Å². The van der Waals surface area contributed by atoms with Crippen molar-refractivity contribution in [1.29, 1.82) is 0 Å². The minimum atomic E-state index is -0.305. The van der Waals surface area contributed by atoms with Crippen LogP contribution in [0, 0.1) is 13.8 Å². The van der Waals surface area contributed by atoms with E-state index in [4.69, 9.17) is 0 Å². The normalized spacial score (nSPS) is 25.4. The molecule has 1 aromatic carbocycles. The van der Waals surface area contributed by atoms with Crippen molar-refractivity contribution in [2.24, 2.45) is 0 Å². The van der Waals surface area contributed by atoms with Gasteiger partial charge in [-0.15, -0.1) is 0 Å². The molecule has 0 radical (unpaired) electrons. The zero-order chi connectivity index (χ0) is 10.3. The first-order chi connectivity index (χ1) is 6.59. The van der Waals surface area contributed by atoms with E-state index in [1.54, 1.807) is 0 Å². The molecule has 0 bridgehead atoms. The fourth-order valence-corrected chi connectivity index (χ4v) is 2.07. The van der Waals surface area contributed by atoms with Crippen LogP contribution in [0.15, 0.2) is 12.1 Å². The van der Waals surface area contributed by atoms with Gasteiger partial charge >= 0.3 is 0 Å². The van der Waals surface area contributed by atoms with Gasteiger partial charge in [0.05, 0.1) is 6.10 Å². The second kappa shape index (κ2) is 3.28. The summed E-state index contributed by atoms with van der Waals surface area (Å²) in [4.78, 5) is 0. The number of anilines is 1. The number of nitrogens with one attached hydrogen (secondary N) is 1. The van der Waals surface area contributed by atoms with Crippen molar-refractivity contribution in [1.82, 2.24) is 0 Å². The van der Waals surface area contributed by atoms with Gasteiger partial charge in [-0.3, -0.25) is 0 Å². The number of aliphatic hydroxyl groups is 1. The maximum absolute atomic E-state index is 9.91. The molecule has 2 N–H and O–H groups in total. The summed E-state index contributed by atoms with van der Waals surface area (Å²) in [5.41, 5.74) is 4.72. The van der Waals surface area contributed by atoms with E-state index in [1.165, 1.54) is 11.1 Å². The Morgan fingerprint density at radius 2 is 2.07 bits per heavy atom. The lowest BCUT2D eigenvalue weighted by Crippen LogP contribution is -2.26. The summed E-state index contributed by atoms with van der Waals surface area (Å²) in [5, 5.41) is 13.3. The highest BCUT2D eigenvalue weighted by molar-refractivity contribution is 5.62. The summed E-state index contributed by atoms with van der Waals surface area (Å²) in [6, 6.07) is 4.47. The molecule has 0 saturated carbocycles. The van der Waals surface area contributed by atoms with Gasteiger partial charge in [0.1, 0.15) is 0 Å². The molecule has 14 heavy (non-hydrogen) atoms. The van der Waals surface area contributed by atoms with Crippen LogP contribution in [-0.2, 0) is 0 Å². The zero-order valence-electron chi connectivity index (χ0n) is 8.96. The van der Waals surface area contributed by atoms with Crippen molar-refractivity contribution in [2.45, 2.75) is 39.3 Å². The molecule has 0 aliphatic carbocycles. The van der Waals surface area contributed by atoms with Crippen LogP contribution in [0.4, 0.5) is 5.69 Å². The quantitative estimate of drug-likeness (QED) is 0.660. The van der Waals surface area contributed by atoms with Gasteiger partial charge in [0, 0.05) is 17.3 Å². The van der Waals surface area contributed by atoms with Gasteiger partial charge in [0.2, 0.25) is 0 Å². The highest BCUT2D eigenvalue weighted by Gasteiger charge is 2.23. The van der Waals surface area contributed by atoms with Crippen molar-refractivity contribution >= 4 is 5.69 Å². The molecule has 1 aliphatic heterocycles. The molecule has 0 fully saturated rings. The molecule has 2 atom stereocenters. The molecule has 2 unspecified atom stereocenters. The number of aryl methyl sites for hydroxylation is 1. The van der Waals surface area contributed by atoms with Gasteiger partial charge in [-0.05, 0) is 38.3 Å². The summed E-state index contributed by atoms with van der Waals surface area (Å²) >= 11 is 0. The van der Waals surface area contributed by atoms with Crippen LogP contribution >= 0.6 is 0 Å². The third-order valence-corrected chi connectivity index (χ3v) is 3.09. The van der Waals surface area contributed by atoms with Crippen molar-refractivity contribution in [3.63, 3.8) is 0 Å². The third-order valence-electron chi connectivity index (χ3n) is 3.09. The molecule has 1 heterocycles. The van der Waals surface area contributed by atoms with Gasteiger partial charge in [-0.2, -0.15) is 0 Å². The van der Waals surface area contributed by atoms with Gasteiger partial charge < -0.3 is 10.4 Å². The van der Waals surface area contributed by atoms with Crippen LogP contribution in [0.25, 0.3) is 0 Å². The van der Waals surface area contributed by atoms with Crippen LogP contribution in [0.2, 0.25) is 0 Å². The van der Waals surface area contributed by atoms with Crippen molar-refractivity contribution in [2.75, 3.05) is 5.32 Å². The Hall–Kier alpha value is -1.02. The Balaban J connectivity index is 2.54. The zero-order valence-corrected chi connectivity index (χ0v) is 8.96. The van der Waals surface area contributed by atoms with E-state index in [0.717, 1.165) is 17.7 Å². The maximum Gasteiger partial charge on any atom is 0.0829 e. The van der Waals surface area contributed by atoms with Gasteiger partial charge in [-0.1, -0.05) is 12.1 Å². The van der Waals surface area contributed by atoms with Crippen molar-refractivity contribution in [3.05, 3.63) is 28.8 Å². The molecule has 0 aromatic heterocycles. The first-order valence-corrected chi connectivity index (χ1v) is 5.14. The van der Waals surface area contributed by atoms with E-state index in [0.29, 0.717) is 6.04 Å². The summed E-state index contributed by atoms with van der Waals surface area (Å²) in [7, 11) is 0. The number of rotatable bonds is 0. The second-order valence-corrected chi connectivity index (χ2v) is 4.27. The smallest absolute Gasteiger partial charge is 0.0829 e. The summed E-state index contributed by atoms with van der Waals surface area (Å²) < 4.78 is 0. The Bertz CT molecular complexity index is 360. The van der Waals surface area contributed by atoms with Gasteiger partial charge in [0.15, 0.2) is 0 Å². The minimum Gasteiger partial charge on any atom is -0.388 e. The topological polar surface area (TPSA) is 32.3 Å². The predicted octanol–water partition coefficient (Wildman–Crippen LogP) is 2.54. The number of hydrogen-bond acceptors (Lipinski definition) is 2. The molecule has 0 spiro atoms. The highest BCUT2D eigenvalue weighted by atomic mass is 16.3. The number of hydrogen-bond donors (Lipinski definition) is 2. The average molecular weight is 191 g/mol. The Labute approximate surface area is 85.0 Å². The van der Waals surface area contributed by atoms with Gasteiger partial charge in [0.25, 0.3) is 0 Å². The van der Waals surface area contributed by atoms with Crippen LogP contribution in [-0.4, -0.2) is 11.1 Å². The fourth-order valence-electron chi connectivity index (χ4n) is 2.07. The number of aliphatic hydroxyl groups excluding tert-OH is 1. The lowest BCUT2D eigenvalue weighted by atomic mass is 9.92. The fraction of sp³-hybridized carbons (Fsp3) is 0.500. The van der Waals surface area contributed by atoms with E-state index in [1.807, 2.05) is 6.07 Å². The molecule has 1 aliphatic rings. The molecule has 1 aromatic rings. The molecule has 0 amide bonds. The molecular weight excluding hydrogens is 174 g/mol. The number of fused-ring (bicyclic) bond motifs is 1. The largest absolute Gasteiger partial charge is 0.388 e. The maximum atomic E-state index is 9.91. The predicted molar refractivity (Wildman–Crippen MR) is 58.6 cm³/mol. The Kier molecular flexibility index (Phi) is 2.23. The third kappa shape index (κ3) is 1.40. The van der Waals surface area contributed by atoms with Crippen LogP contribution in [0.5, 0.6) is 0 Å². The standard InChI is InChI=1S/C12H17NO/c1-7-4-5-10-11(14)6-8(2)13-12(10)9(7)3/h4-5,8,11,13-14H,6H2,1-3H3. The van der Waals surface area contributed by atoms with Crippen LogP contribution in [0.1, 0.15) is 36.1 Å². The molecule has 76 valence electrons. The summed E-state index contributed by atoms with van der Waals surface area (Å²) in [6.45, 7) is 6.31. The lowest BCUT2D eigenvalue weighted by Gasteiger charge is -2.30. The molecule has 2 rings (SSSR count). The Morgan fingerprint density at radius 3 is 2.79 bits per heavy atom. The van der Waals surface area contributed by atoms with E-state index in [9.17, 15) is 5.11 Å². The first kappa shape index (κ1) is 9.53. The SMILES string of the molecule is Cc1ccc2c(c1C)NC(C)CC2O. The molecule has 0 saturated heterocycles. The van der Waals surface area contributed by atoms with Crippen LogP contribution < -0.4 is 5.32 Å².